The summed E-state index contributed by atoms with van der Waals surface area (Å²) in [4.78, 5) is 33.6. The molecule has 0 aliphatic rings. The molecule has 1 aromatic carbocycles. The van der Waals surface area contributed by atoms with E-state index in [0.717, 1.165) is 6.07 Å². The van der Waals surface area contributed by atoms with Crippen molar-refractivity contribution < 1.29 is 19.6 Å². The van der Waals surface area contributed by atoms with Gasteiger partial charge in [0.25, 0.3) is 5.69 Å². The van der Waals surface area contributed by atoms with Crippen molar-refractivity contribution in [2.45, 2.75) is 33.1 Å². The Hall–Kier alpha value is -2.15. The number of nitro groups is 1. The Bertz CT molecular complexity index is 599. The second-order valence-electron chi connectivity index (χ2n) is 4.94. The summed E-state index contributed by atoms with van der Waals surface area (Å²) in [5.41, 5.74) is -1.26. The van der Waals surface area contributed by atoms with Crippen LogP contribution in [0.2, 0.25) is 5.02 Å². The number of nitrogens with zero attached hydrogens (tertiary/aromatic N) is 1. The van der Waals surface area contributed by atoms with Crippen molar-refractivity contribution >= 4 is 34.9 Å². The summed E-state index contributed by atoms with van der Waals surface area (Å²) in [6, 6.07) is 3.87. The third-order valence-electron chi connectivity index (χ3n) is 3.73. The van der Waals surface area contributed by atoms with E-state index in [1.165, 1.54) is 12.1 Å². The minimum Gasteiger partial charge on any atom is -0.481 e. The topological polar surface area (TPSA) is 110 Å². The molecular weight excluding hydrogens is 312 g/mol. The van der Waals surface area contributed by atoms with Crippen LogP contribution in [0.15, 0.2) is 18.2 Å². The molecule has 2 N–H and O–H groups in total. The first-order valence-corrected chi connectivity index (χ1v) is 7.10. The van der Waals surface area contributed by atoms with Crippen LogP contribution < -0.4 is 5.32 Å². The van der Waals surface area contributed by atoms with E-state index in [1.807, 2.05) is 0 Å². The summed E-state index contributed by atoms with van der Waals surface area (Å²) in [5, 5.41) is 22.5. The Labute approximate surface area is 132 Å². The second-order valence-corrected chi connectivity index (χ2v) is 5.35. The standard InChI is InChI=1S/C14H17ClN2O5/c1-3-14(4-2,13(19)20)8-12(18)16-9-5-6-10(15)11(7-9)17(21)22/h5-7H,3-4,8H2,1-2H3,(H,16,18)(H,19,20). The molecule has 0 spiro atoms. The number of aliphatic carboxylic acids is 1. The monoisotopic (exact) mass is 328 g/mol. The van der Waals surface area contributed by atoms with Crippen LogP contribution in [0.3, 0.4) is 0 Å². The molecule has 0 aliphatic heterocycles. The number of amides is 1. The van der Waals surface area contributed by atoms with Gasteiger partial charge in [0, 0.05) is 18.2 Å². The lowest BCUT2D eigenvalue weighted by Gasteiger charge is -2.25. The number of nitrogens with one attached hydrogen (secondary N) is 1. The van der Waals surface area contributed by atoms with Crippen LogP contribution in [-0.2, 0) is 9.59 Å². The number of halogens is 1. The van der Waals surface area contributed by atoms with Crippen molar-refractivity contribution in [3.05, 3.63) is 33.3 Å². The molecule has 0 fully saturated rings. The van der Waals surface area contributed by atoms with E-state index in [-0.39, 0.29) is 22.8 Å². The second kappa shape index (κ2) is 7.22. The molecule has 0 saturated heterocycles. The summed E-state index contributed by atoms with van der Waals surface area (Å²) < 4.78 is 0. The summed E-state index contributed by atoms with van der Waals surface area (Å²) in [6.45, 7) is 3.41. The molecule has 0 unspecified atom stereocenters. The van der Waals surface area contributed by atoms with Gasteiger partial charge >= 0.3 is 5.97 Å². The number of carboxylic acids is 1. The molecule has 1 amide bonds. The molecule has 0 saturated carbocycles. The summed E-state index contributed by atoms with van der Waals surface area (Å²) in [6.07, 6.45) is 0.422. The van der Waals surface area contributed by atoms with Gasteiger partial charge < -0.3 is 10.4 Å². The van der Waals surface area contributed by atoms with E-state index < -0.39 is 22.2 Å². The number of hydrogen-bond donors (Lipinski definition) is 2. The smallest absolute Gasteiger partial charge is 0.310 e. The maximum Gasteiger partial charge on any atom is 0.310 e. The number of carbonyl (C=O) groups is 2. The number of carbonyl (C=O) groups excluding carboxylic acids is 1. The Balaban J connectivity index is 2.91. The third-order valence-corrected chi connectivity index (χ3v) is 4.05. The van der Waals surface area contributed by atoms with Crippen LogP contribution in [0.5, 0.6) is 0 Å². The van der Waals surface area contributed by atoms with E-state index in [0.29, 0.717) is 12.8 Å². The molecule has 8 heteroatoms. The van der Waals surface area contributed by atoms with Crippen molar-refractivity contribution in [1.29, 1.82) is 0 Å². The molecule has 0 heterocycles. The Kier molecular flexibility index (Phi) is 5.87. The number of nitro benzene ring substituents is 1. The van der Waals surface area contributed by atoms with Gasteiger partial charge in [-0.3, -0.25) is 19.7 Å². The predicted octanol–water partition coefficient (Wildman–Crippen LogP) is 3.47. The molecule has 0 aliphatic carbocycles. The van der Waals surface area contributed by atoms with E-state index in [9.17, 15) is 24.8 Å². The van der Waals surface area contributed by atoms with Crippen molar-refractivity contribution in [2.24, 2.45) is 5.41 Å². The summed E-state index contributed by atoms with van der Waals surface area (Å²) in [5.74, 6) is -1.54. The quantitative estimate of drug-likeness (QED) is 0.588. The predicted molar refractivity (Wildman–Crippen MR) is 82.0 cm³/mol. The number of rotatable bonds is 7. The highest BCUT2D eigenvalue weighted by molar-refractivity contribution is 6.32. The summed E-state index contributed by atoms with van der Waals surface area (Å²) in [7, 11) is 0. The number of carboxylic acid groups (broad SMARTS) is 1. The molecule has 1 rings (SSSR count). The fourth-order valence-corrected chi connectivity index (χ4v) is 2.31. The molecule has 1 aromatic rings. The van der Waals surface area contributed by atoms with Gasteiger partial charge in [-0.1, -0.05) is 25.4 Å². The molecule has 7 nitrogen and oxygen atoms in total. The van der Waals surface area contributed by atoms with Gasteiger partial charge in [0.05, 0.1) is 10.3 Å². The average Bonchev–Trinajstić information content (AvgIpc) is 2.46. The fraction of sp³-hybridized carbons (Fsp3) is 0.429. The van der Waals surface area contributed by atoms with Gasteiger partial charge in [0.1, 0.15) is 5.02 Å². The molecule has 120 valence electrons. The van der Waals surface area contributed by atoms with Crippen LogP contribution in [0.25, 0.3) is 0 Å². The van der Waals surface area contributed by atoms with Gasteiger partial charge in [0.2, 0.25) is 5.91 Å². The van der Waals surface area contributed by atoms with Gasteiger partial charge in [0.15, 0.2) is 0 Å². The van der Waals surface area contributed by atoms with Gasteiger partial charge in [-0.25, -0.2) is 0 Å². The minimum absolute atomic E-state index is 0.0370. The summed E-state index contributed by atoms with van der Waals surface area (Å²) >= 11 is 5.69. The lowest BCUT2D eigenvalue weighted by atomic mass is 9.79. The Morgan fingerprint density at radius 2 is 1.95 bits per heavy atom. The normalized spacial score (nSPS) is 11.0. The first-order chi connectivity index (χ1) is 10.3. The van der Waals surface area contributed by atoms with Crippen molar-refractivity contribution in [2.75, 3.05) is 5.32 Å². The number of anilines is 1. The van der Waals surface area contributed by atoms with E-state index >= 15 is 0 Å². The van der Waals surface area contributed by atoms with Crippen molar-refractivity contribution in [3.63, 3.8) is 0 Å². The maximum atomic E-state index is 12.0. The zero-order chi connectivity index (χ0) is 16.9. The first kappa shape index (κ1) is 17.9. The first-order valence-electron chi connectivity index (χ1n) is 6.73. The number of hydrogen-bond acceptors (Lipinski definition) is 4. The van der Waals surface area contributed by atoms with Crippen LogP contribution in [-0.4, -0.2) is 21.9 Å². The Morgan fingerprint density at radius 3 is 2.41 bits per heavy atom. The van der Waals surface area contributed by atoms with Crippen molar-refractivity contribution in [3.8, 4) is 0 Å². The fourth-order valence-electron chi connectivity index (χ4n) is 2.12. The van der Waals surface area contributed by atoms with Crippen LogP contribution in [0.4, 0.5) is 11.4 Å². The van der Waals surface area contributed by atoms with Gasteiger partial charge in [-0.2, -0.15) is 0 Å². The SMILES string of the molecule is CCC(CC)(CC(=O)Nc1ccc(Cl)c([N+](=O)[O-])c1)C(=O)O. The van der Waals surface area contributed by atoms with E-state index in [2.05, 4.69) is 5.32 Å². The highest BCUT2D eigenvalue weighted by Gasteiger charge is 2.37. The molecule has 0 atom stereocenters. The van der Waals surface area contributed by atoms with Crippen LogP contribution >= 0.6 is 11.6 Å². The molecule has 22 heavy (non-hydrogen) atoms. The lowest BCUT2D eigenvalue weighted by molar-refractivity contribution is -0.384. The zero-order valence-corrected chi connectivity index (χ0v) is 13.0. The largest absolute Gasteiger partial charge is 0.481 e. The van der Waals surface area contributed by atoms with E-state index in [1.54, 1.807) is 13.8 Å². The van der Waals surface area contributed by atoms with Crippen molar-refractivity contribution in [1.82, 2.24) is 0 Å². The molecule has 0 radical (unpaired) electrons. The van der Waals surface area contributed by atoms with E-state index in [4.69, 9.17) is 11.6 Å². The highest BCUT2D eigenvalue weighted by atomic mass is 35.5. The third kappa shape index (κ3) is 3.94. The Morgan fingerprint density at radius 1 is 1.36 bits per heavy atom. The molecule has 0 bridgehead atoms. The van der Waals surface area contributed by atoms with Gasteiger partial charge in [-0.05, 0) is 25.0 Å². The number of benzene rings is 1. The maximum absolute atomic E-state index is 12.0. The lowest BCUT2D eigenvalue weighted by Crippen LogP contribution is -2.34. The highest BCUT2D eigenvalue weighted by Crippen LogP contribution is 2.32. The minimum atomic E-state index is -1.14. The van der Waals surface area contributed by atoms with Gasteiger partial charge in [-0.15, -0.1) is 0 Å². The molecular formula is C14H17ClN2O5. The zero-order valence-electron chi connectivity index (χ0n) is 12.3. The van der Waals surface area contributed by atoms with Crippen LogP contribution in [0, 0.1) is 15.5 Å². The molecule has 0 aromatic heterocycles. The average molecular weight is 329 g/mol. The van der Waals surface area contributed by atoms with Crippen LogP contribution in [0.1, 0.15) is 33.1 Å².